The Morgan fingerprint density at radius 3 is 1.78 bits per heavy atom. The Bertz CT molecular complexity index is 1510. The van der Waals surface area contributed by atoms with Crippen molar-refractivity contribution in [2.45, 2.75) is 111 Å². The lowest BCUT2D eigenvalue weighted by Crippen LogP contribution is -2.41. The van der Waals surface area contributed by atoms with Gasteiger partial charge in [0.15, 0.2) is 0 Å². The zero-order valence-electron chi connectivity index (χ0n) is 29.0. The van der Waals surface area contributed by atoms with Crippen molar-refractivity contribution in [2.24, 2.45) is 11.3 Å². The number of hydrogen-bond donors (Lipinski definition) is 1. The Balaban J connectivity index is 0.000000161. The Morgan fingerprint density at radius 2 is 1.31 bits per heavy atom. The van der Waals surface area contributed by atoms with Crippen LogP contribution in [0.15, 0.2) is 84.9 Å². The van der Waals surface area contributed by atoms with E-state index in [0.717, 1.165) is 25.7 Å². The van der Waals surface area contributed by atoms with Crippen LogP contribution in [0.3, 0.4) is 0 Å². The molecule has 0 aromatic heterocycles. The van der Waals surface area contributed by atoms with Crippen LogP contribution < -0.4 is 0 Å². The minimum Gasteiger partial charge on any atom is -0.508 e. The molecule has 0 saturated carbocycles. The average Bonchev–Trinajstić information content (AvgIpc) is 3.59. The molecule has 3 unspecified atom stereocenters. The molecule has 45 heavy (non-hydrogen) atoms. The summed E-state index contributed by atoms with van der Waals surface area (Å²) in [6.07, 6.45) is 3.95. The maximum atomic E-state index is 12.3. The number of aromatic hydroxyl groups is 1. The first kappa shape index (κ1) is 34.3. The highest BCUT2D eigenvalue weighted by molar-refractivity contribution is 5.92. The van der Waals surface area contributed by atoms with E-state index in [2.05, 4.69) is 88.4 Å². The van der Waals surface area contributed by atoms with Crippen molar-refractivity contribution in [2.75, 3.05) is 0 Å². The highest BCUT2D eigenvalue weighted by Gasteiger charge is 2.40. The number of ether oxygens (including phenoxy) is 1. The third-order valence-electron chi connectivity index (χ3n) is 10.6. The lowest BCUT2D eigenvalue weighted by molar-refractivity contribution is -0.172. The van der Waals surface area contributed by atoms with Gasteiger partial charge >= 0.3 is 5.97 Å². The molecule has 3 nitrogen and oxygen atoms in total. The van der Waals surface area contributed by atoms with Crippen molar-refractivity contribution >= 4 is 16.7 Å². The van der Waals surface area contributed by atoms with Crippen LogP contribution in [0.2, 0.25) is 0 Å². The van der Waals surface area contributed by atoms with Crippen molar-refractivity contribution in [3.05, 3.63) is 113 Å². The van der Waals surface area contributed by atoms with Gasteiger partial charge in [-0.15, -0.1) is 0 Å². The normalized spacial score (nSPS) is 17.9. The number of rotatable bonds is 6. The Morgan fingerprint density at radius 1 is 0.800 bits per heavy atom. The van der Waals surface area contributed by atoms with Gasteiger partial charge in [-0.05, 0) is 122 Å². The minimum absolute atomic E-state index is 0.0824. The van der Waals surface area contributed by atoms with Crippen molar-refractivity contribution in [1.29, 1.82) is 0 Å². The predicted molar refractivity (Wildman–Crippen MR) is 189 cm³/mol. The van der Waals surface area contributed by atoms with Gasteiger partial charge in [0.05, 0.1) is 5.41 Å². The number of phenolic OH excluding ortho intramolecular Hbond substituents is 1. The average molecular weight is 607 g/mol. The molecule has 6 rings (SSSR count). The highest BCUT2D eigenvalue weighted by atomic mass is 16.6. The van der Waals surface area contributed by atoms with E-state index in [0.29, 0.717) is 29.4 Å². The van der Waals surface area contributed by atoms with Crippen LogP contribution in [0.25, 0.3) is 10.8 Å². The summed E-state index contributed by atoms with van der Waals surface area (Å²) >= 11 is 0. The summed E-state index contributed by atoms with van der Waals surface area (Å²) in [4.78, 5) is 12.3. The maximum absolute atomic E-state index is 12.3. The molecular weight excluding hydrogens is 552 g/mol. The van der Waals surface area contributed by atoms with Crippen LogP contribution in [0.1, 0.15) is 121 Å². The van der Waals surface area contributed by atoms with Crippen molar-refractivity contribution in [1.82, 2.24) is 0 Å². The SMILES string of the molecule is CC1c2cccc3cccc(c23)C1C.CCC(C)(C)C(=O)OC(C)(C)C1Cc2ccccc2C1.CCC(C)c1ccc(O)cc1. The molecule has 4 aromatic carbocycles. The van der Waals surface area contributed by atoms with E-state index in [1.54, 1.807) is 12.1 Å². The largest absolute Gasteiger partial charge is 0.508 e. The third-order valence-corrected chi connectivity index (χ3v) is 10.6. The van der Waals surface area contributed by atoms with Crippen LogP contribution in [0.4, 0.5) is 0 Å². The van der Waals surface area contributed by atoms with Crippen LogP contribution in [0.5, 0.6) is 5.75 Å². The quantitative estimate of drug-likeness (QED) is 0.222. The summed E-state index contributed by atoms with van der Waals surface area (Å²) in [6.45, 7) is 19.0. The highest BCUT2D eigenvalue weighted by Crippen LogP contribution is 2.46. The molecule has 0 saturated heterocycles. The Kier molecular flexibility index (Phi) is 10.8. The number of carbonyl (C=O) groups is 1. The molecule has 2 aliphatic rings. The fraction of sp³-hybridized carbons (Fsp3) is 0.452. The second-order valence-electron chi connectivity index (χ2n) is 14.4. The van der Waals surface area contributed by atoms with E-state index in [1.165, 1.54) is 38.6 Å². The molecule has 3 atom stereocenters. The summed E-state index contributed by atoms with van der Waals surface area (Å²) in [5, 5.41) is 11.9. The monoisotopic (exact) mass is 606 g/mol. The second kappa shape index (κ2) is 14.2. The van der Waals surface area contributed by atoms with E-state index in [9.17, 15) is 4.79 Å². The first-order chi connectivity index (χ1) is 21.3. The molecule has 1 N–H and O–H groups in total. The summed E-state index contributed by atoms with van der Waals surface area (Å²) in [7, 11) is 0. The minimum atomic E-state index is -0.414. The number of carbonyl (C=O) groups excluding carboxylic acids is 1. The molecule has 0 radical (unpaired) electrons. The van der Waals surface area contributed by atoms with Gasteiger partial charge in [-0.3, -0.25) is 4.79 Å². The standard InChI is InChI=1S/C18H26O2.C14H14.C10H14O/c1-6-17(2,3)16(19)20-18(4,5)15-11-13-9-7-8-10-14(13)12-15;1-9-10(2)13-8-4-6-11-5-3-7-12(9)14(11)13;1-3-8(2)9-4-6-10(11)7-5-9/h7-10,15H,6,11-12H2,1-5H3;3-10H,1-2H3;4-8,11H,3H2,1-2H3. The maximum Gasteiger partial charge on any atom is 0.312 e. The third kappa shape index (κ3) is 7.80. The zero-order chi connectivity index (χ0) is 32.9. The summed E-state index contributed by atoms with van der Waals surface area (Å²) in [5.74, 6) is 2.58. The number of phenols is 1. The lowest BCUT2D eigenvalue weighted by atomic mass is 9.86. The molecule has 4 aromatic rings. The number of fused-ring (bicyclic) bond motifs is 1. The fourth-order valence-corrected chi connectivity index (χ4v) is 6.39. The zero-order valence-corrected chi connectivity index (χ0v) is 29.0. The van der Waals surface area contributed by atoms with Crippen molar-refractivity contribution in [3.63, 3.8) is 0 Å². The van der Waals surface area contributed by atoms with Gasteiger partial charge in [-0.25, -0.2) is 0 Å². The van der Waals surface area contributed by atoms with Gasteiger partial charge in [-0.2, -0.15) is 0 Å². The summed E-state index contributed by atoms with van der Waals surface area (Å²) < 4.78 is 5.87. The number of benzene rings is 4. The molecule has 0 amide bonds. The number of hydrogen-bond acceptors (Lipinski definition) is 3. The second-order valence-corrected chi connectivity index (χ2v) is 14.4. The van der Waals surface area contributed by atoms with Gasteiger partial charge in [0.1, 0.15) is 11.4 Å². The molecule has 0 aliphatic heterocycles. The molecule has 0 fully saturated rings. The van der Waals surface area contributed by atoms with E-state index >= 15 is 0 Å². The van der Waals surface area contributed by atoms with Crippen LogP contribution in [-0.4, -0.2) is 16.7 Å². The topological polar surface area (TPSA) is 46.5 Å². The summed E-state index contributed by atoms with van der Waals surface area (Å²) in [6, 6.07) is 29.3. The van der Waals surface area contributed by atoms with E-state index < -0.39 is 11.0 Å². The first-order valence-corrected chi connectivity index (χ1v) is 16.9. The number of esters is 1. The van der Waals surface area contributed by atoms with E-state index in [4.69, 9.17) is 9.84 Å². The Hall–Kier alpha value is -3.59. The molecule has 0 bridgehead atoms. The molecular formula is C42H54O3. The fourth-order valence-electron chi connectivity index (χ4n) is 6.39. The lowest BCUT2D eigenvalue weighted by Gasteiger charge is -2.34. The van der Waals surface area contributed by atoms with E-state index in [-0.39, 0.29) is 5.97 Å². The van der Waals surface area contributed by atoms with Gasteiger partial charge < -0.3 is 9.84 Å². The van der Waals surface area contributed by atoms with Gasteiger partial charge in [0.2, 0.25) is 0 Å². The predicted octanol–water partition coefficient (Wildman–Crippen LogP) is 11.1. The van der Waals surface area contributed by atoms with Crippen LogP contribution in [-0.2, 0) is 22.4 Å². The molecule has 3 heteroatoms. The molecule has 0 heterocycles. The molecule has 240 valence electrons. The smallest absolute Gasteiger partial charge is 0.312 e. The van der Waals surface area contributed by atoms with Gasteiger partial charge in [0, 0.05) is 5.92 Å². The first-order valence-electron chi connectivity index (χ1n) is 16.9. The molecule has 2 aliphatic carbocycles. The van der Waals surface area contributed by atoms with Crippen molar-refractivity contribution in [3.8, 4) is 5.75 Å². The Labute approximate surface area is 272 Å². The van der Waals surface area contributed by atoms with Gasteiger partial charge in [0.25, 0.3) is 0 Å². The van der Waals surface area contributed by atoms with Crippen LogP contribution >= 0.6 is 0 Å². The summed E-state index contributed by atoms with van der Waals surface area (Å²) in [5.41, 5.74) is 6.35. The van der Waals surface area contributed by atoms with Crippen molar-refractivity contribution < 1.29 is 14.6 Å². The molecule has 0 spiro atoms. The van der Waals surface area contributed by atoms with E-state index in [1.807, 2.05) is 46.8 Å². The van der Waals surface area contributed by atoms with Crippen LogP contribution in [0, 0.1) is 11.3 Å². The van der Waals surface area contributed by atoms with Gasteiger partial charge in [-0.1, -0.05) is 107 Å².